The van der Waals surface area contributed by atoms with Crippen molar-refractivity contribution in [2.45, 2.75) is 6.61 Å². The zero-order valence-electron chi connectivity index (χ0n) is 6.56. The van der Waals surface area contributed by atoms with Gasteiger partial charge >= 0.3 is 69.0 Å². The Balaban J connectivity index is 2.41. The van der Waals surface area contributed by atoms with E-state index in [0.29, 0.717) is 5.76 Å². The molecule has 0 fully saturated rings. The zero-order chi connectivity index (χ0) is 9.03. The van der Waals surface area contributed by atoms with Crippen molar-refractivity contribution in [3.8, 4) is 0 Å². The first-order chi connectivity index (χ1) is 5.64. The second kappa shape index (κ2) is 3.76. The third-order valence-corrected chi connectivity index (χ3v) is 2.27. The van der Waals surface area contributed by atoms with E-state index in [1.807, 2.05) is 0 Å². The maximum absolute atomic E-state index is 9.99. The quantitative estimate of drug-likeness (QED) is 0.580. The number of nitrogens with zero attached hydrogens (tertiary/aromatic N) is 1. The standard InChI is InChI=1S/C6H10NO4P/c1-12(9,7-8)11-5-6-3-2-4-10-6/h2-4,9,12H,5H2,1H3. The zero-order valence-corrected chi connectivity index (χ0v) is 7.56. The van der Waals surface area contributed by atoms with E-state index in [9.17, 15) is 4.91 Å². The van der Waals surface area contributed by atoms with Crippen molar-refractivity contribution < 1.29 is 13.8 Å². The van der Waals surface area contributed by atoms with Crippen molar-refractivity contribution in [3.63, 3.8) is 0 Å². The van der Waals surface area contributed by atoms with E-state index in [1.165, 1.54) is 12.9 Å². The van der Waals surface area contributed by atoms with E-state index >= 15 is 0 Å². The summed E-state index contributed by atoms with van der Waals surface area (Å²) in [5, 5.41) is 0. The van der Waals surface area contributed by atoms with Crippen LogP contribution < -0.4 is 0 Å². The molecule has 0 saturated heterocycles. The van der Waals surface area contributed by atoms with Gasteiger partial charge in [-0.3, -0.25) is 0 Å². The van der Waals surface area contributed by atoms with Crippen molar-refractivity contribution in [3.05, 3.63) is 29.1 Å². The van der Waals surface area contributed by atoms with Gasteiger partial charge in [-0.05, 0) is 0 Å². The van der Waals surface area contributed by atoms with Crippen LogP contribution in [0, 0.1) is 4.91 Å². The summed E-state index contributed by atoms with van der Waals surface area (Å²) in [7, 11) is -3.32. The van der Waals surface area contributed by atoms with Crippen LogP contribution in [0.2, 0.25) is 0 Å². The third kappa shape index (κ3) is 2.70. The molecule has 5 nitrogen and oxygen atoms in total. The summed E-state index contributed by atoms with van der Waals surface area (Å²) < 4.78 is 9.76. The van der Waals surface area contributed by atoms with Gasteiger partial charge in [0.2, 0.25) is 0 Å². The molecule has 0 aliphatic heterocycles. The average molecular weight is 191 g/mol. The van der Waals surface area contributed by atoms with Gasteiger partial charge in [0.05, 0.1) is 0 Å². The van der Waals surface area contributed by atoms with Crippen LogP contribution in [-0.2, 0) is 11.1 Å². The molecule has 0 radical (unpaired) electrons. The molecule has 6 heteroatoms. The van der Waals surface area contributed by atoms with E-state index in [4.69, 9.17) is 13.8 Å². The summed E-state index contributed by atoms with van der Waals surface area (Å²) in [6.07, 6.45) is 1.49. The minimum absolute atomic E-state index is 0.0813. The third-order valence-electron chi connectivity index (χ3n) is 1.24. The summed E-state index contributed by atoms with van der Waals surface area (Å²) in [6, 6.07) is 3.39. The molecule has 68 valence electrons. The second-order valence-corrected chi connectivity index (χ2v) is 4.73. The monoisotopic (exact) mass is 191 g/mol. The second-order valence-electron chi connectivity index (χ2n) is 2.39. The molecule has 0 saturated carbocycles. The van der Waals surface area contributed by atoms with Gasteiger partial charge in [0, 0.05) is 0 Å². The van der Waals surface area contributed by atoms with E-state index in [2.05, 4.69) is 4.95 Å². The molecule has 0 aliphatic rings. The summed E-state index contributed by atoms with van der Waals surface area (Å²) in [5.41, 5.74) is 0. The molecule has 1 N–H and O–H groups in total. The first-order valence-electron chi connectivity index (χ1n) is 3.37. The molecular formula is C6H10NO4P. The van der Waals surface area contributed by atoms with Crippen molar-refractivity contribution in [1.29, 1.82) is 0 Å². The summed E-state index contributed by atoms with van der Waals surface area (Å²) in [5.74, 6) is 0.562. The van der Waals surface area contributed by atoms with Crippen LogP contribution in [0.5, 0.6) is 0 Å². The van der Waals surface area contributed by atoms with Crippen LogP contribution >= 0.6 is 7.87 Å². The minimum atomic E-state index is -3.32. The number of hydrogen-bond acceptors (Lipinski definition) is 5. The SMILES string of the molecule is C[PH](O)(N=O)OCc1ccco1. The van der Waals surface area contributed by atoms with E-state index in [-0.39, 0.29) is 6.61 Å². The molecule has 1 aromatic heterocycles. The van der Waals surface area contributed by atoms with Gasteiger partial charge in [-0.25, -0.2) is 0 Å². The topological polar surface area (TPSA) is 72.0 Å². The first-order valence-corrected chi connectivity index (χ1v) is 5.67. The molecule has 0 aromatic carbocycles. The van der Waals surface area contributed by atoms with Crippen molar-refractivity contribution >= 4 is 7.87 Å². The number of hydrogen-bond donors (Lipinski definition) is 1. The van der Waals surface area contributed by atoms with Gasteiger partial charge in [0.1, 0.15) is 0 Å². The predicted molar refractivity (Wildman–Crippen MR) is 45.7 cm³/mol. The van der Waals surface area contributed by atoms with Gasteiger partial charge < -0.3 is 0 Å². The van der Waals surface area contributed by atoms with E-state index in [0.717, 1.165) is 0 Å². The fourth-order valence-electron chi connectivity index (χ4n) is 0.629. The molecule has 0 atom stereocenters. The van der Waals surface area contributed by atoms with Crippen LogP contribution in [0.3, 0.4) is 0 Å². The normalized spacial score (nSPS) is 12.8. The summed E-state index contributed by atoms with van der Waals surface area (Å²) in [6.45, 7) is 1.38. The predicted octanol–water partition coefficient (Wildman–Crippen LogP) is 1.68. The number of rotatable bonds is 4. The number of furan rings is 1. The maximum atomic E-state index is 9.99. The molecule has 0 aliphatic carbocycles. The van der Waals surface area contributed by atoms with Gasteiger partial charge in [-0.2, -0.15) is 0 Å². The van der Waals surface area contributed by atoms with Gasteiger partial charge in [0.25, 0.3) is 0 Å². The van der Waals surface area contributed by atoms with Crippen LogP contribution in [-0.4, -0.2) is 11.6 Å². The molecular weight excluding hydrogens is 181 g/mol. The Morgan fingerprint density at radius 2 is 2.58 bits per heavy atom. The molecule has 1 heterocycles. The van der Waals surface area contributed by atoms with Crippen LogP contribution in [0.15, 0.2) is 27.8 Å². The molecule has 0 bridgehead atoms. The molecule has 0 spiro atoms. The Bertz CT molecular complexity index is 246. The Morgan fingerprint density at radius 3 is 3.08 bits per heavy atom. The molecule has 1 rings (SSSR count). The van der Waals surface area contributed by atoms with Crippen molar-refractivity contribution in [2.75, 3.05) is 6.66 Å². The van der Waals surface area contributed by atoms with Gasteiger partial charge in [-0.1, -0.05) is 0 Å². The average Bonchev–Trinajstić information content (AvgIpc) is 2.53. The van der Waals surface area contributed by atoms with E-state index < -0.39 is 7.87 Å². The Hall–Kier alpha value is -0.770. The van der Waals surface area contributed by atoms with Gasteiger partial charge in [-0.15, -0.1) is 0 Å². The molecule has 0 amide bonds. The Morgan fingerprint density at radius 1 is 1.83 bits per heavy atom. The van der Waals surface area contributed by atoms with Gasteiger partial charge in [0.15, 0.2) is 0 Å². The fraction of sp³-hybridized carbons (Fsp3) is 0.333. The van der Waals surface area contributed by atoms with Crippen LogP contribution in [0.4, 0.5) is 0 Å². The first kappa shape index (κ1) is 9.32. The molecule has 0 unspecified atom stereocenters. The summed E-state index contributed by atoms with van der Waals surface area (Å²) >= 11 is 0. The van der Waals surface area contributed by atoms with Crippen molar-refractivity contribution in [2.24, 2.45) is 4.95 Å². The summed E-state index contributed by atoms with van der Waals surface area (Å²) in [4.78, 5) is 21.6. The fourth-order valence-corrected chi connectivity index (χ4v) is 1.10. The van der Waals surface area contributed by atoms with Crippen LogP contribution in [0.1, 0.15) is 5.76 Å². The van der Waals surface area contributed by atoms with Crippen molar-refractivity contribution in [1.82, 2.24) is 0 Å². The Kier molecular flexibility index (Phi) is 2.92. The van der Waals surface area contributed by atoms with E-state index in [1.54, 1.807) is 12.1 Å². The Labute approximate surface area is 69.9 Å². The van der Waals surface area contributed by atoms with Crippen LogP contribution in [0.25, 0.3) is 0 Å². The molecule has 1 aromatic rings. The molecule has 12 heavy (non-hydrogen) atoms. The number of nitroso groups, excluding NO2 is 1.